The summed E-state index contributed by atoms with van der Waals surface area (Å²) >= 11 is 0. The molecule has 0 aliphatic carbocycles. The normalized spacial score (nSPS) is 22.6. The molecule has 1 fully saturated rings. The van der Waals surface area contributed by atoms with Crippen molar-refractivity contribution in [1.29, 1.82) is 0 Å². The Morgan fingerprint density at radius 3 is 2.64 bits per heavy atom. The van der Waals surface area contributed by atoms with Crippen molar-refractivity contribution in [3.05, 3.63) is 34.9 Å². The molecule has 0 bridgehead atoms. The van der Waals surface area contributed by atoms with Crippen LogP contribution < -0.4 is 11.1 Å². The van der Waals surface area contributed by atoms with Crippen molar-refractivity contribution in [3.63, 3.8) is 0 Å². The van der Waals surface area contributed by atoms with Gasteiger partial charge in [0.2, 0.25) is 5.91 Å². The lowest BCUT2D eigenvalue weighted by Crippen LogP contribution is -2.54. The summed E-state index contributed by atoms with van der Waals surface area (Å²) in [7, 11) is 0. The Morgan fingerprint density at radius 1 is 1.29 bits per heavy atom. The second-order valence-electron chi connectivity index (χ2n) is 6.47. The van der Waals surface area contributed by atoms with E-state index in [-0.39, 0.29) is 31.5 Å². The third kappa shape index (κ3) is 3.70. The van der Waals surface area contributed by atoms with Gasteiger partial charge in [0.1, 0.15) is 12.1 Å². The lowest BCUT2D eigenvalue weighted by Gasteiger charge is -2.31. The zero-order chi connectivity index (χ0) is 20.6. The van der Waals surface area contributed by atoms with Crippen molar-refractivity contribution < 1.29 is 37.1 Å². The van der Waals surface area contributed by atoms with Crippen molar-refractivity contribution >= 4 is 23.7 Å². The molecular formula is C17H16F3N3O5. The number of hydrogen-bond acceptors (Lipinski definition) is 6. The lowest BCUT2D eigenvalue weighted by molar-refractivity contribution is -0.207. The van der Waals surface area contributed by atoms with Gasteiger partial charge in [0, 0.05) is 25.1 Å². The molecule has 1 saturated heterocycles. The van der Waals surface area contributed by atoms with Gasteiger partial charge in [-0.2, -0.15) is 13.2 Å². The van der Waals surface area contributed by atoms with Gasteiger partial charge in [-0.1, -0.05) is 12.1 Å². The van der Waals surface area contributed by atoms with Crippen LogP contribution >= 0.6 is 0 Å². The Hall–Kier alpha value is -2.95. The van der Waals surface area contributed by atoms with Crippen LogP contribution in [0.4, 0.5) is 13.2 Å². The number of carbonyl (C=O) groups excluding carboxylic acids is 4. The van der Waals surface area contributed by atoms with Crippen LogP contribution in [0.1, 0.15) is 34.3 Å². The van der Waals surface area contributed by atoms with E-state index in [1.165, 1.54) is 6.07 Å². The largest absolute Gasteiger partial charge is 0.490 e. The minimum absolute atomic E-state index is 0.0889. The molecule has 1 aromatic rings. The maximum Gasteiger partial charge on any atom is 0.490 e. The quantitative estimate of drug-likeness (QED) is 0.560. The van der Waals surface area contributed by atoms with Crippen molar-refractivity contribution in [1.82, 2.24) is 10.2 Å². The molecule has 0 radical (unpaired) electrons. The molecule has 1 unspecified atom stereocenters. The molecule has 3 N–H and O–H groups in total. The van der Waals surface area contributed by atoms with Crippen LogP contribution in [-0.2, 0) is 32.2 Å². The SMILES string of the molecule is NCc1ccc2c(c1)CN([C@@H]1C(=O)NC(=O)CCC1OC(=O)C(F)(F)F)C2=O. The highest BCUT2D eigenvalue weighted by molar-refractivity contribution is 6.04. The number of nitrogens with one attached hydrogen (secondary N) is 1. The van der Waals surface area contributed by atoms with E-state index < -0.39 is 42.0 Å². The summed E-state index contributed by atoms with van der Waals surface area (Å²) in [5.41, 5.74) is 7.10. The van der Waals surface area contributed by atoms with E-state index in [1.54, 1.807) is 12.1 Å². The molecule has 0 saturated carbocycles. The van der Waals surface area contributed by atoms with E-state index in [1.807, 2.05) is 5.32 Å². The smallest absolute Gasteiger partial charge is 0.453 e. The fourth-order valence-electron chi connectivity index (χ4n) is 3.29. The summed E-state index contributed by atoms with van der Waals surface area (Å²) in [5, 5.41) is 2.02. The van der Waals surface area contributed by atoms with Crippen LogP contribution in [0.15, 0.2) is 18.2 Å². The molecule has 0 aromatic heterocycles. The monoisotopic (exact) mass is 399 g/mol. The number of ether oxygens (including phenoxy) is 1. The minimum atomic E-state index is -5.27. The summed E-state index contributed by atoms with van der Waals surface area (Å²) in [5.74, 6) is -4.82. The minimum Gasteiger partial charge on any atom is -0.453 e. The highest BCUT2D eigenvalue weighted by Crippen LogP contribution is 2.30. The predicted molar refractivity (Wildman–Crippen MR) is 86.3 cm³/mol. The molecular weight excluding hydrogens is 383 g/mol. The number of fused-ring (bicyclic) bond motifs is 1. The third-order valence-electron chi connectivity index (χ3n) is 4.60. The molecule has 2 aliphatic rings. The maximum atomic E-state index is 12.7. The fourth-order valence-corrected chi connectivity index (χ4v) is 3.29. The van der Waals surface area contributed by atoms with E-state index in [2.05, 4.69) is 4.74 Å². The van der Waals surface area contributed by atoms with Gasteiger partial charge in [-0.3, -0.25) is 19.7 Å². The van der Waals surface area contributed by atoms with Crippen LogP contribution in [0.5, 0.6) is 0 Å². The van der Waals surface area contributed by atoms with Gasteiger partial charge in [0.15, 0.2) is 0 Å². The summed E-state index contributed by atoms with van der Waals surface area (Å²) < 4.78 is 42.4. The number of benzene rings is 1. The first-order valence-electron chi connectivity index (χ1n) is 8.36. The fraction of sp³-hybridized carbons (Fsp3) is 0.412. The number of carbonyl (C=O) groups is 4. The first-order chi connectivity index (χ1) is 13.1. The van der Waals surface area contributed by atoms with Gasteiger partial charge in [-0.25, -0.2) is 4.79 Å². The Balaban J connectivity index is 1.93. The Morgan fingerprint density at radius 2 is 2.00 bits per heavy atom. The Bertz CT molecular complexity index is 855. The zero-order valence-corrected chi connectivity index (χ0v) is 14.4. The molecule has 2 heterocycles. The van der Waals surface area contributed by atoms with Crippen LogP contribution in [0.3, 0.4) is 0 Å². The van der Waals surface area contributed by atoms with Crippen molar-refractivity contribution in [2.75, 3.05) is 0 Å². The van der Waals surface area contributed by atoms with Gasteiger partial charge >= 0.3 is 12.1 Å². The van der Waals surface area contributed by atoms with Gasteiger partial charge < -0.3 is 15.4 Å². The molecule has 2 atom stereocenters. The number of nitrogens with zero attached hydrogens (tertiary/aromatic N) is 1. The van der Waals surface area contributed by atoms with Gasteiger partial charge in [0.05, 0.1) is 0 Å². The summed E-state index contributed by atoms with van der Waals surface area (Å²) in [6.45, 7) is 0.125. The zero-order valence-electron chi connectivity index (χ0n) is 14.4. The van der Waals surface area contributed by atoms with Gasteiger partial charge in [-0.05, 0) is 23.6 Å². The molecule has 1 aromatic carbocycles. The third-order valence-corrected chi connectivity index (χ3v) is 4.60. The van der Waals surface area contributed by atoms with Crippen LogP contribution in [0.25, 0.3) is 0 Å². The number of halogens is 3. The van der Waals surface area contributed by atoms with Crippen LogP contribution in [0, 0.1) is 0 Å². The highest BCUT2D eigenvalue weighted by atomic mass is 19.4. The van der Waals surface area contributed by atoms with Crippen molar-refractivity contribution in [2.45, 2.75) is 44.3 Å². The molecule has 11 heteroatoms. The molecule has 3 rings (SSSR count). The summed E-state index contributed by atoms with van der Waals surface area (Å²) in [6.07, 6.45) is -7.55. The topological polar surface area (TPSA) is 119 Å². The predicted octanol–water partition coefficient (Wildman–Crippen LogP) is 0.380. The molecule has 8 nitrogen and oxygen atoms in total. The van der Waals surface area contributed by atoms with E-state index in [9.17, 15) is 32.3 Å². The van der Waals surface area contributed by atoms with Gasteiger partial charge in [0.25, 0.3) is 11.8 Å². The second-order valence-corrected chi connectivity index (χ2v) is 6.47. The molecule has 3 amide bonds. The number of hydrogen-bond donors (Lipinski definition) is 2. The van der Waals surface area contributed by atoms with Crippen LogP contribution in [0.2, 0.25) is 0 Å². The first kappa shape index (κ1) is 19.8. The molecule has 0 spiro atoms. The first-order valence-corrected chi connectivity index (χ1v) is 8.36. The van der Waals surface area contributed by atoms with Crippen LogP contribution in [-0.4, -0.2) is 46.9 Å². The Labute approximate surface area is 156 Å². The van der Waals surface area contributed by atoms with E-state index in [4.69, 9.17) is 5.73 Å². The maximum absolute atomic E-state index is 12.7. The summed E-state index contributed by atoms with van der Waals surface area (Å²) in [4.78, 5) is 49.1. The number of rotatable bonds is 3. The number of alkyl halides is 3. The second kappa shape index (κ2) is 7.23. The van der Waals surface area contributed by atoms with Gasteiger partial charge in [-0.15, -0.1) is 0 Å². The number of esters is 1. The average Bonchev–Trinajstić information content (AvgIpc) is 2.86. The highest BCUT2D eigenvalue weighted by Gasteiger charge is 2.48. The number of amides is 3. The van der Waals surface area contributed by atoms with E-state index in [0.717, 1.165) is 10.5 Å². The van der Waals surface area contributed by atoms with Crippen molar-refractivity contribution in [2.24, 2.45) is 5.73 Å². The molecule has 2 aliphatic heterocycles. The molecule has 28 heavy (non-hydrogen) atoms. The standard InChI is InChI=1S/C17H16F3N3O5/c18-17(19,20)16(27)28-11-3-4-12(24)22-14(25)13(11)23-7-9-5-8(6-21)1-2-10(9)15(23)26/h1-2,5,11,13H,3-4,6-7,21H2,(H,22,24,25)/t11?,13-/m0/s1. The van der Waals surface area contributed by atoms with E-state index in [0.29, 0.717) is 5.56 Å². The molecule has 150 valence electrons. The van der Waals surface area contributed by atoms with E-state index >= 15 is 0 Å². The Kier molecular flexibility index (Phi) is 5.11. The summed E-state index contributed by atoms with van der Waals surface area (Å²) in [6, 6.07) is 3.22. The number of imide groups is 1. The average molecular weight is 399 g/mol. The lowest BCUT2D eigenvalue weighted by atomic mass is 10.1. The van der Waals surface area contributed by atoms with Crippen molar-refractivity contribution in [3.8, 4) is 0 Å². The number of nitrogens with two attached hydrogens (primary N) is 1.